The number of rotatable bonds is 8. The summed E-state index contributed by atoms with van der Waals surface area (Å²) in [5, 5.41) is 22.4. The molecule has 9 nitrogen and oxygen atoms in total. The molecule has 1 saturated heterocycles. The van der Waals surface area contributed by atoms with Gasteiger partial charge in [-0.1, -0.05) is 18.2 Å². The fourth-order valence-electron chi connectivity index (χ4n) is 4.44. The summed E-state index contributed by atoms with van der Waals surface area (Å²) < 4.78 is 5.57. The molecular formula is C28H29N3O6. The van der Waals surface area contributed by atoms with E-state index in [9.17, 15) is 19.5 Å². The number of nitrogens with two attached hydrogens (primary N) is 1. The number of morpholine rings is 1. The van der Waals surface area contributed by atoms with Gasteiger partial charge in [0, 0.05) is 25.2 Å². The Hall–Kier alpha value is -4.21. The molecule has 4 rings (SSSR count). The van der Waals surface area contributed by atoms with Crippen molar-refractivity contribution in [1.82, 2.24) is 10.2 Å². The highest BCUT2D eigenvalue weighted by molar-refractivity contribution is 5.93. The Kier molecular flexibility index (Phi) is 7.86. The molecule has 5 N–H and O–H groups in total. The van der Waals surface area contributed by atoms with E-state index in [1.807, 2.05) is 24.0 Å². The molecule has 0 aliphatic carbocycles. The molecule has 0 radical (unpaired) electrons. The van der Waals surface area contributed by atoms with E-state index >= 15 is 0 Å². The third-order valence-electron chi connectivity index (χ3n) is 6.39. The number of carboxylic acids is 1. The van der Waals surface area contributed by atoms with Gasteiger partial charge in [0.15, 0.2) is 0 Å². The fourth-order valence-corrected chi connectivity index (χ4v) is 4.44. The minimum atomic E-state index is -1.00. The molecule has 0 saturated carbocycles. The number of benzene rings is 3. The topological polar surface area (TPSA) is 142 Å². The minimum Gasteiger partial charge on any atom is -0.508 e. The van der Waals surface area contributed by atoms with Crippen LogP contribution in [-0.2, 0) is 22.6 Å². The average molecular weight is 504 g/mol. The molecule has 37 heavy (non-hydrogen) atoms. The van der Waals surface area contributed by atoms with Crippen LogP contribution in [-0.4, -0.2) is 58.7 Å². The Balaban J connectivity index is 1.47. The van der Waals surface area contributed by atoms with Crippen LogP contribution in [0.5, 0.6) is 5.75 Å². The first kappa shape index (κ1) is 25.9. The quantitative estimate of drug-likeness (QED) is 0.370. The van der Waals surface area contributed by atoms with Crippen molar-refractivity contribution >= 4 is 17.8 Å². The fraction of sp³-hybridized carbons (Fsp3) is 0.250. The molecule has 0 unspecified atom stereocenters. The number of nitrogens with zero attached hydrogens (tertiary/aromatic N) is 1. The maximum atomic E-state index is 13.0. The van der Waals surface area contributed by atoms with Crippen molar-refractivity contribution in [2.45, 2.75) is 26.1 Å². The van der Waals surface area contributed by atoms with Crippen LogP contribution in [0, 0.1) is 6.92 Å². The van der Waals surface area contributed by atoms with E-state index in [1.54, 1.807) is 36.4 Å². The second kappa shape index (κ2) is 11.2. The van der Waals surface area contributed by atoms with Crippen molar-refractivity contribution < 1.29 is 29.3 Å². The molecular weight excluding hydrogens is 474 g/mol. The van der Waals surface area contributed by atoms with Gasteiger partial charge < -0.3 is 26.0 Å². The van der Waals surface area contributed by atoms with Gasteiger partial charge in [0.25, 0.3) is 0 Å². The number of aromatic carboxylic acids is 1. The first-order chi connectivity index (χ1) is 17.7. The molecule has 3 aromatic rings. The number of primary amides is 1. The maximum absolute atomic E-state index is 13.0. The molecule has 192 valence electrons. The van der Waals surface area contributed by atoms with E-state index in [4.69, 9.17) is 15.6 Å². The largest absolute Gasteiger partial charge is 0.508 e. The van der Waals surface area contributed by atoms with Crippen LogP contribution in [0.15, 0.2) is 60.7 Å². The zero-order valence-electron chi connectivity index (χ0n) is 20.4. The monoisotopic (exact) mass is 503 g/mol. The number of ether oxygens (including phenoxy) is 1. The van der Waals surface area contributed by atoms with Gasteiger partial charge in [-0.05, 0) is 77.2 Å². The summed E-state index contributed by atoms with van der Waals surface area (Å²) in [5.74, 6) is -1.59. The van der Waals surface area contributed by atoms with E-state index < -0.39 is 17.9 Å². The van der Waals surface area contributed by atoms with E-state index in [0.717, 1.165) is 27.8 Å². The molecule has 0 spiro atoms. The second-order valence-electron chi connectivity index (χ2n) is 9.06. The van der Waals surface area contributed by atoms with Crippen LogP contribution in [0.2, 0.25) is 0 Å². The number of hydrogen-bond donors (Lipinski definition) is 4. The van der Waals surface area contributed by atoms with Crippen molar-refractivity contribution in [2.24, 2.45) is 5.73 Å². The zero-order chi connectivity index (χ0) is 26.5. The van der Waals surface area contributed by atoms with Crippen molar-refractivity contribution in [3.8, 4) is 16.9 Å². The molecule has 1 aliphatic heterocycles. The number of carbonyl (C=O) groups is 3. The van der Waals surface area contributed by atoms with Gasteiger partial charge in [-0.3, -0.25) is 14.5 Å². The number of hydrogen-bond acceptors (Lipinski definition) is 6. The first-order valence-corrected chi connectivity index (χ1v) is 11.9. The summed E-state index contributed by atoms with van der Waals surface area (Å²) in [5.41, 5.74) is 10.1. The Labute approximate surface area is 214 Å². The number of carboxylic acid groups (broad SMARTS) is 1. The Morgan fingerprint density at radius 2 is 1.76 bits per heavy atom. The third-order valence-corrected chi connectivity index (χ3v) is 6.39. The average Bonchev–Trinajstić information content (AvgIpc) is 2.87. The minimum absolute atomic E-state index is 0.102. The molecule has 3 aromatic carbocycles. The number of nitrogens with one attached hydrogen (secondary N) is 1. The summed E-state index contributed by atoms with van der Waals surface area (Å²) in [7, 11) is 0. The van der Waals surface area contributed by atoms with Gasteiger partial charge in [-0.2, -0.15) is 0 Å². The predicted octanol–water partition coefficient (Wildman–Crippen LogP) is 2.68. The van der Waals surface area contributed by atoms with Crippen molar-refractivity contribution in [3.05, 3.63) is 88.5 Å². The van der Waals surface area contributed by atoms with Gasteiger partial charge in [0.05, 0.1) is 18.8 Å². The van der Waals surface area contributed by atoms with Gasteiger partial charge in [0.2, 0.25) is 11.8 Å². The summed E-state index contributed by atoms with van der Waals surface area (Å²) in [6, 6.07) is 16.3. The second-order valence-corrected chi connectivity index (χ2v) is 9.06. The number of aromatic hydroxyl groups is 1. The Morgan fingerprint density at radius 3 is 2.43 bits per heavy atom. The molecule has 1 aliphatic rings. The van der Waals surface area contributed by atoms with Crippen LogP contribution in [0.3, 0.4) is 0 Å². The lowest BCUT2D eigenvalue weighted by atomic mass is 9.96. The highest BCUT2D eigenvalue weighted by atomic mass is 16.5. The van der Waals surface area contributed by atoms with Crippen molar-refractivity contribution in [1.29, 1.82) is 0 Å². The molecule has 1 atom stereocenters. The lowest BCUT2D eigenvalue weighted by Gasteiger charge is -2.34. The lowest BCUT2D eigenvalue weighted by molar-refractivity contribution is -0.133. The van der Waals surface area contributed by atoms with Gasteiger partial charge >= 0.3 is 5.97 Å². The third kappa shape index (κ3) is 6.32. The number of aryl methyl sites for hydroxylation is 1. The summed E-state index contributed by atoms with van der Waals surface area (Å²) >= 11 is 0. The van der Waals surface area contributed by atoms with Crippen LogP contribution in [0.4, 0.5) is 0 Å². The van der Waals surface area contributed by atoms with Crippen molar-refractivity contribution in [3.63, 3.8) is 0 Å². The van der Waals surface area contributed by atoms with Crippen LogP contribution < -0.4 is 11.1 Å². The van der Waals surface area contributed by atoms with E-state index in [0.29, 0.717) is 25.3 Å². The summed E-state index contributed by atoms with van der Waals surface area (Å²) in [6.07, 6.45) is 0. The van der Waals surface area contributed by atoms with Crippen LogP contribution in [0.1, 0.15) is 37.4 Å². The zero-order valence-corrected chi connectivity index (χ0v) is 20.4. The highest BCUT2D eigenvalue weighted by Crippen LogP contribution is 2.29. The van der Waals surface area contributed by atoms with Crippen LogP contribution >= 0.6 is 0 Å². The van der Waals surface area contributed by atoms with Gasteiger partial charge in [0.1, 0.15) is 11.8 Å². The number of phenolic OH excluding ortho intramolecular Hbond substituents is 1. The van der Waals surface area contributed by atoms with E-state index in [-0.39, 0.29) is 30.4 Å². The van der Waals surface area contributed by atoms with Crippen molar-refractivity contribution in [2.75, 3.05) is 19.8 Å². The van der Waals surface area contributed by atoms with Gasteiger partial charge in [-0.15, -0.1) is 0 Å². The standard InChI is InChI=1S/C28H29N3O6/c1-17-10-21(26(29)33)6-7-24(17)22-11-19(12-23(32)13-22)15-31-8-9-37-16-25(31)27(34)30-14-18-2-4-20(5-3-18)28(35)36/h2-7,10-13,25,32H,8-9,14-16H2,1H3,(H2,29,33)(H,30,34)(H,35,36)/t25-/m1/s1. The summed E-state index contributed by atoms with van der Waals surface area (Å²) in [6.45, 7) is 3.84. The molecule has 1 heterocycles. The van der Waals surface area contributed by atoms with Crippen LogP contribution in [0.25, 0.3) is 11.1 Å². The van der Waals surface area contributed by atoms with E-state index in [2.05, 4.69) is 5.32 Å². The molecule has 1 fully saturated rings. The number of phenols is 1. The first-order valence-electron chi connectivity index (χ1n) is 11.9. The summed E-state index contributed by atoms with van der Waals surface area (Å²) in [4.78, 5) is 37.5. The molecule has 0 aromatic heterocycles. The SMILES string of the molecule is Cc1cc(C(N)=O)ccc1-c1cc(O)cc(CN2CCOC[C@@H]2C(=O)NCc2ccc(C(=O)O)cc2)c1. The smallest absolute Gasteiger partial charge is 0.335 e. The maximum Gasteiger partial charge on any atom is 0.335 e. The predicted molar refractivity (Wildman–Crippen MR) is 137 cm³/mol. The van der Waals surface area contributed by atoms with E-state index in [1.165, 1.54) is 12.1 Å². The normalized spacial score (nSPS) is 15.8. The highest BCUT2D eigenvalue weighted by Gasteiger charge is 2.29. The molecule has 9 heteroatoms. The van der Waals surface area contributed by atoms with Gasteiger partial charge in [-0.25, -0.2) is 4.79 Å². The lowest BCUT2D eigenvalue weighted by Crippen LogP contribution is -2.53. The number of amides is 2. The Morgan fingerprint density at radius 1 is 1.03 bits per heavy atom. The number of carbonyl (C=O) groups excluding carboxylic acids is 2. The Bertz CT molecular complexity index is 1320. The molecule has 0 bridgehead atoms. The molecule has 2 amide bonds.